The average molecular weight is 269 g/mol. The Labute approximate surface area is 118 Å². The second-order valence-electron chi connectivity index (χ2n) is 4.51. The molecular formula is C16H19N3O. The molecule has 0 aliphatic carbocycles. The van der Waals surface area contributed by atoms with Gasteiger partial charge in [-0.1, -0.05) is 30.3 Å². The van der Waals surface area contributed by atoms with Crippen molar-refractivity contribution in [2.24, 2.45) is 0 Å². The van der Waals surface area contributed by atoms with Gasteiger partial charge in [-0.25, -0.2) is 0 Å². The van der Waals surface area contributed by atoms with E-state index in [1.165, 1.54) is 0 Å². The Morgan fingerprint density at radius 2 is 2.15 bits per heavy atom. The molecule has 2 rings (SSSR count). The summed E-state index contributed by atoms with van der Waals surface area (Å²) in [6, 6.07) is 10.1. The van der Waals surface area contributed by atoms with Gasteiger partial charge in [0.25, 0.3) is 0 Å². The lowest BCUT2D eigenvalue weighted by atomic mass is 10.1. The fraction of sp³-hybridized carbons (Fsp3) is 0.250. The SMILES string of the molecule is C=CCNCC(=O)NCCc1cccc2cccnc12. The lowest BCUT2D eigenvalue weighted by Gasteiger charge is -2.07. The Morgan fingerprint density at radius 3 is 3.00 bits per heavy atom. The number of hydrogen-bond acceptors (Lipinski definition) is 3. The number of carbonyl (C=O) groups excluding carboxylic acids is 1. The molecule has 0 saturated carbocycles. The second kappa shape index (κ2) is 7.40. The summed E-state index contributed by atoms with van der Waals surface area (Å²) in [7, 11) is 0. The number of aromatic nitrogens is 1. The standard InChI is InChI=1S/C16H19N3O/c1-2-9-17-12-15(20)18-11-8-14-6-3-5-13-7-4-10-19-16(13)14/h2-7,10,17H,1,8-9,11-12H2,(H,18,20). The molecule has 0 aliphatic heterocycles. The van der Waals surface area contributed by atoms with Crippen molar-refractivity contribution in [2.45, 2.75) is 6.42 Å². The van der Waals surface area contributed by atoms with E-state index in [9.17, 15) is 4.79 Å². The first-order chi connectivity index (χ1) is 9.81. The van der Waals surface area contributed by atoms with Crippen LogP contribution in [0.5, 0.6) is 0 Å². The number of fused-ring (bicyclic) bond motifs is 1. The van der Waals surface area contributed by atoms with E-state index in [-0.39, 0.29) is 5.91 Å². The number of pyridine rings is 1. The summed E-state index contributed by atoms with van der Waals surface area (Å²) in [5.74, 6) is 0.0000425. The Morgan fingerprint density at radius 1 is 1.30 bits per heavy atom. The van der Waals surface area contributed by atoms with Gasteiger partial charge in [0.15, 0.2) is 0 Å². The molecule has 2 aromatic rings. The van der Waals surface area contributed by atoms with Crippen LogP contribution in [-0.4, -0.2) is 30.5 Å². The summed E-state index contributed by atoms with van der Waals surface area (Å²) in [5, 5.41) is 6.99. The molecule has 1 amide bonds. The van der Waals surface area contributed by atoms with Crippen molar-refractivity contribution in [3.63, 3.8) is 0 Å². The van der Waals surface area contributed by atoms with Crippen molar-refractivity contribution in [2.75, 3.05) is 19.6 Å². The highest BCUT2D eigenvalue weighted by molar-refractivity contribution is 5.81. The minimum atomic E-state index is 0.0000425. The van der Waals surface area contributed by atoms with Gasteiger partial charge < -0.3 is 10.6 Å². The molecule has 0 radical (unpaired) electrons. The molecule has 0 atom stereocenters. The van der Waals surface area contributed by atoms with Gasteiger partial charge in [-0.2, -0.15) is 0 Å². The fourth-order valence-electron chi connectivity index (χ4n) is 2.06. The summed E-state index contributed by atoms with van der Waals surface area (Å²) in [4.78, 5) is 16.0. The van der Waals surface area contributed by atoms with E-state index in [0.29, 0.717) is 19.6 Å². The molecule has 0 aliphatic rings. The summed E-state index contributed by atoms with van der Waals surface area (Å²) in [6.07, 6.45) is 4.31. The van der Waals surface area contributed by atoms with Crippen LogP contribution in [0, 0.1) is 0 Å². The molecule has 0 fully saturated rings. The highest BCUT2D eigenvalue weighted by Crippen LogP contribution is 2.15. The van der Waals surface area contributed by atoms with Crippen LogP contribution in [0.2, 0.25) is 0 Å². The van der Waals surface area contributed by atoms with Gasteiger partial charge in [-0.15, -0.1) is 6.58 Å². The van der Waals surface area contributed by atoms with Crippen LogP contribution in [0.4, 0.5) is 0 Å². The third-order valence-electron chi connectivity index (χ3n) is 3.01. The van der Waals surface area contributed by atoms with Crippen LogP contribution in [0.15, 0.2) is 49.2 Å². The highest BCUT2D eigenvalue weighted by atomic mass is 16.1. The first kappa shape index (κ1) is 14.2. The zero-order chi connectivity index (χ0) is 14.2. The number of rotatable bonds is 7. The van der Waals surface area contributed by atoms with Crippen molar-refractivity contribution in [3.05, 3.63) is 54.7 Å². The first-order valence-corrected chi connectivity index (χ1v) is 6.72. The second-order valence-corrected chi connectivity index (χ2v) is 4.51. The summed E-state index contributed by atoms with van der Waals surface area (Å²) < 4.78 is 0. The lowest BCUT2D eigenvalue weighted by Crippen LogP contribution is -2.35. The zero-order valence-corrected chi connectivity index (χ0v) is 11.4. The van der Waals surface area contributed by atoms with Crippen molar-refractivity contribution >= 4 is 16.8 Å². The predicted octanol–water partition coefficient (Wildman–Crippen LogP) is 1.67. The molecule has 1 aromatic heterocycles. The van der Waals surface area contributed by atoms with Gasteiger partial charge in [-0.3, -0.25) is 9.78 Å². The predicted molar refractivity (Wildman–Crippen MR) is 81.5 cm³/mol. The maximum atomic E-state index is 11.5. The monoisotopic (exact) mass is 269 g/mol. The topological polar surface area (TPSA) is 54.0 Å². The van der Waals surface area contributed by atoms with Crippen molar-refractivity contribution in [1.82, 2.24) is 15.6 Å². The summed E-state index contributed by atoms with van der Waals surface area (Å²) >= 11 is 0. The van der Waals surface area contributed by atoms with Crippen LogP contribution in [0.25, 0.3) is 10.9 Å². The molecule has 104 valence electrons. The molecule has 20 heavy (non-hydrogen) atoms. The first-order valence-electron chi connectivity index (χ1n) is 6.72. The maximum absolute atomic E-state index is 11.5. The molecule has 1 heterocycles. The maximum Gasteiger partial charge on any atom is 0.233 e. The smallest absolute Gasteiger partial charge is 0.233 e. The lowest BCUT2D eigenvalue weighted by molar-refractivity contribution is -0.120. The Bertz CT molecular complexity index is 590. The molecule has 0 bridgehead atoms. The quantitative estimate of drug-likeness (QED) is 0.594. The zero-order valence-electron chi connectivity index (χ0n) is 11.4. The van der Waals surface area contributed by atoms with E-state index < -0.39 is 0 Å². The fourth-order valence-corrected chi connectivity index (χ4v) is 2.06. The number of amides is 1. The number of carbonyl (C=O) groups is 1. The van der Waals surface area contributed by atoms with E-state index in [1.807, 2.05) is 24.3 Å². The van der Waals surface area contributed by atoms with Crippen LogP contribution < -0.4 is 10.6 Å². The molecule has 4 heteroatoms. The van der Waals surface area contributed by atoms with E-state index in [0.717, 1.165) is 22.9 Å². The number of hydrogen-bond donors (Lipinski definition) is 2. The molecular weight excluding hydrogens is 250 g/mol. The van der Waals surface area contributed by atoms with E-state index in [1.54, 1.807) is 12.3 Å². The van der Waals surface area contributed by atoms with E-state index in [4.69, 9.17) is 0 Å². The van der Waals surface area contributed by atoms with Crippen molar-refractivity contribution < 1.29 is 4.79 Å². The van der Waals surface area contributed by atoms with Gasteiger partial charge in [0.1, 0.15) is 0 Å². The minimum Gasteiger partial charge on any atom is -0.355 e. The number of nitrogens with zero attached hydrogens (tertiary/aromatic N) is 1. The largest absolute Gasteiger partial charge is 0.355 e. The normalized spacial score (nSPS) is 10.4. The highest BCUT2D eigenvalue weighted by Gasteiger charge is 2.03. The third kappa shape index (κ3) is 3.90. The van der Waals surface area contributed by atoms with Gasteiger partial charge in [0.2, 0.25) is 5.91 Å². The van der Waals surface area contributed by atoms with Crippen LogP contribution in [-0.2, 0) is 11.2 Å². The number of nitrogens with one attached hydrogen (secondary N) is 2. The van der Waals surface area contributed by atoms with Crippen LogP contribution >= 0.6 is 0 Å². The summed E-state index contributed by atoms with van der Waals surface area (Å²) in [6.45, 7) is 5.16. The van der Waals surface area contributed by atoms with Gasteiger partial charge in [0, 0.05) is 24.7 Å². The average Bonchev–Trinajstić information content (AvgIpc) is 2.48. The molecule has 2 N–H and O–H groups in total. The van der Waals surface area contributed by atoms with Gasteiger partial charge in [0.05, 0.1) is 12.1 Å². The van der Waals surface area contributed by atoms with Crippen LogP contribution in [0.3, 0.4) is 0 Å². The van der Waals surface area contributed by atoms with E-state index >= 15 is 0 Å². The molecule has 0 unspecified atom stereocenters. The minimum absolute atomic E-state index is 0.0000425. The molecule has 1 aromatic carbocycles. The molecule has 4 nitrogen and oxygen atoms in total. The molecule has 0 spiro atoms. The van der Waals surface area contributed by atoms with Gasteiger partial charge >= 0.3 is 0 Å². The third-order valence-corrected chi connectivity index (χ3v) is 3.01. The molecule has 0 saturated heterocycles. The number of benzene rings is 1. The van der Waals surface area contributed by atoms with Crippen molar-refractivity contribution in [1.29, 1.82) is 0 Å². The summed E-state index contributed by atoms with van der Waals surface area (Å²) in [5.41, 5.74) is 2.16. The number of para-hydroxylation sites is 1. The van der Waals surface area contributed by atoms with E-state index in [2.05, 4.69) is 28.3 Å². The van der Waals surface area contributed by atoms with Crippen LogP contribution in [0.1, 0.15) is 5.56 Å². The Balaban J connectivity index is 1.87. The van der Waals surface area contributed by atoms with Gasteiger partial charge in [-0.05, 0) is 18.1 Å². The Kier molecular flexibility index (Phi) is 5.26. The van der Waals surface area contributed by atoms with Crippen molar-refractivity contribution in [3.8, 4) is 0 Å². The Hall–Kier alpha value is -2.20.